The van der Waals surface area contributed by atoms with E-state index in [2.05, 4.69) is 0 Å². The number of hydrogen-bond acceptors (Lipinski definition) is 4. The highest BCUT2D eigenvalue weighted by Gasteiger charge is 2.50. The second kappa shape index (κ2) is 7.50. The first-order valence-electron chi connectivity index (χ1n) is 8.45. The average Bonchev–Trinajstić information content (AvgIpc) is 2.77. The zero-order valence-electron chi connectivity index (χ0n) is 15.0. The minimum atomic E-state index is -1.84. The molecule has 1 amide bonds. The van der Waals surface area contributed by atoms with Gasteiger partial charge in [0.2, 0.25) is 0 Å². The van der Waals surface area contributed by atoms with E-state index in [1.807, 2.05) is 13.0 Å². The van der Waals surface area contributed by atoms with E-state index in [4.69, 9.17) is 27.9 Å². The summed E-state index contributed by atoms with van der Waals surface area (Å²) in [4.78, 5) is 26.0. The Morgan fingerprint density at radius 3 is 2.63 bits per heavy atom. The molecule has 0 spiro atoms. The van der Waals surface area contributed by atoms with Crippen LogP contribution >= 0.6 is 23.2 Å². The van der Waals surface area contributed by atoms with Crippen molar-refractivity contribution >= 4 is 40.6 Å². The molecule has 1 atom stereocenters. The summed E-state index contributed by atoms with van der Waals surface area (Å²) in [7, 11) is 0. The van der Waals surface area contributed by atoms with Gasteiger partial charge < -0.3 is 14.7 Å². The lowest BCUT2D eigenvalue weighted by Crippen LogP contribution is -2.43. The van der Waals surface area contributed by atoms with Crippen LogP contribution in [0.4, 0.5) is 5.69 Å². The van der Waals surface area contributed by atoms with Gasteiger partial charge in [-0.15, -0.1) is 0 Å². The van der Waals surface area contributed by atoms with E-state index in [9.17, 15) is 14.7 Å². The van der Waals surface area contributed by atoms with Gasteiger partial charge in [0, 0.05) is 17.0 Å². The Hall–Kier alpha value is -2.08. The van der Waals surface area contributed by atoms with Crippen LogP contribution < -0.4 is 9.64 Å². The van der Waals surface area contributed by atoms with Crippen molar-refractivity contribution in [2.45, 2.75) is 25.9 Å². The van der Waals surface area contributed by atoms with Crippen LogP contribution in [0.5, 0.6) is 5.75 Å². The molecule has 0 bridgehead atoms. The summed E-state index contributed by atoms with van der Waals surface area (Å²) >= 11 is 12.0. The highest BCUT2D eigenvalue weighted by molar-refractivity contribution is 6.35. The van der Waals surface area contributed by atoms with Gasteiger partial charge in [0.25, 0.3) is 5.91 Å². The molecule has 0 fully saturated rings. The third-order valence-corrected chi connectivity index (χ3v) is 4.99. The summed E-state index contributed by atoms with van der Waals surface area (Å²) < 4.78 is 5.66. The first kappa shape index (κ1) is 19.7. The third-order valence-electron chi connectivity index (χ3n) is 4.46. The van der Waals surface area contributed by atoms with Crippen molar-refractivity contribution in [3.63, 3.8) is 0 Å². The molecule has 2 aromatic carbocycles. The molecule has 0 unspecified atom stereocenters. The second-order valence-corrected chi connectivity index (χ2v) is 7.48. The highest BCUT2D eigenvalue weighted by atomic mass is 35.5. The van der Waals surface area contributed by atoms with E-state index in [0.717, 1.165) is 5.56 Å². The Kier molecular flexibility index (Phi) is 5.47. The third kappa shape index (κ3) is 3.81. The van der Waals surface area contributed by atoms with Gasteiger partial charge in [-0.3, -0.25) is 9.59 Å². The monoisotopic (exact) mass is 407 g/mol. The van der Waals surface area contributed by atoms with Crippen LogP contribution in [0.25, 0.3) is 0 Å². The molecule has 27 heavy (non-hydrogen) atoms. The lowest BCUT2D eigenvalue weighted by molar-refractivity contribution is -0.141. The number of halogens is 2. The molecule has 1 heterocycles. The molecule has 0 radical (unpaired) electrons. The smallest absolute Gasteiger partial charge is 0.264 e. The van der Waals surface area contributed by atoms with E-state index in [0.29, 0.717) is 27.0 Å². The predicted octanol–water partition coefficient (Wildman–Crippen LogP) is 3.89. The van der Waals surface area contributed by atoms with Crippen molar-refractivity contribution in [2.75, 3.05) is 18.1 Å². The largest absolute Gasteiger partial charge is 0.490 e. The number of rotatable bonds is 6. The summed E-state index contributed by atoms with van der Waals surface area (Å²) in [5, 5.41) is 11.9. The van der Waals surface area contributed by atoms with Crippen LogP contribution in [0.15, 0.2) is 36.4 Å². The number of ketones is 1. The number of hydrogen-bond donors (Lipinski definition) is 1. The van der Waals surface area contributed by atoms with Gasteiger partial charge in [0.1, 0.15) is 18.1 Å². The number of fused-ring (bicyclic) bond motifs is 1. The van der Waals surface area contributed by atoms with Gasteiger partial charge in [-0.25, -0.2) is 0 Å². The molecular formula is C20H19Cl2NO4. The molecule has 1 aliphatic heterocycles. The van der Waals surface area contributed by atoms with Crippen LogP contribution in [-0.4, -0.2) is 29.9 Å². The second-order valence-electron chi connectivity index (χ2n) is 6.64. The van der Waals surface area contributed by atoms with Gasteiger partial charge in [0.15, 0.2) is 5.60 Å². The highest BCUT2D eigenvalue weighted by Crippen LogP contribution is 2.43. The van der Waals surface area contributed by atoms with Crippen molar-refractivity contribution in [1.29, 1.82) is 0 Å². The molecule has 0 saturated heterocycles. The minimum Gasteiger partial charge on any atom is -0.490 e. The Bertz CT molecular complexity index is 915. The van der Waals surface area contributed by atoms with Gasteiger partial charge >= 0.3 is 0 Å². The standard InChI is InChI=1S/C20H19Cl2NO4/c1-12-3-5-17-15(9-12)20(26,11-13(2)24)19(25)23(17)7-8-27-18-6-4-14(21)10-16(18)22/h3-6,9-10,26H,7-8,11H2,1-2H3/t20-/m1/s1. The normalized spacial score (nSPS) is 18.6. The van der Waals surface area contributed by atoms with Crippen LogP contribution in [0.2, 0.25) is 10.0 Å². The van der Waals surface area contributed by atoms with Crippen molar-refractivity contribution in [3.05, 3.63) is 57.6 Å². The Labute approximate surface area is 167 Å². The molecule has 5 nitrogen and oxygen atoms in total. The molecule has 0 saturated carbocycles. The molecule has 7 heteroatoms. The summed E-state index contributed by atoms with van der Waals surface area (Å²) in [5.41, 5.74) is 0.0902. The summed E-state index contributed by atoms with van der Waals surface area (Å²) in [6, 6.07) is 10.3. The molecule has 0 aliphatic carbocycles. The fraction of sp³-hybridized carbons (Fsp3) is 0.300. The SMILES string of the molecule is CC(=O)C[C@]1(O)C(=O)N(CCOc2ccc(Cl)cc2Cl)c2ccc(C)cc21. The summed E-state index contributed by atoms with van der Waals surface area (Å²) in [5.74, 6) is -0.329. The fourth-order valence-electron chi connectivity index (χ4n) is 3.26. The maximum absolute atomic E-state index is 12.9. The molecule has 0 aromatic heterocycles. The fourth-order valence-corrected chi connectivity index (χ4v) is 3.72. The number of carbonyl (C=O) groups excluding carboxylic acids is 2. The van der Waals surface area contributed by atoms with Crippen molar-refractivity contribution in [2.24, 2.45) is 0 Å². The Balaban J connectivity index is 1.81. The number of benzene rings is 2. The number of aryl methyl sites for hydroxylation is 1. The quantitative estimate of drug-likeness (QED) is 0.788. The van der Waals surface area contributed by atoms with Crippen molar-refractivity contribution in [3.8, 4) is 5.75 Å². The van der Waals surface area contributed by atoms with Gasteiger partial charge in [-0.2, -0.15) is 0 Å². The number of amides is 1. The maximum atomic E-state index is 12.9. The number of Topliss-reactive ketones (excluding diaryl/α,β-unsaturated/α-hetero) is 1. The van der Waals surface area contributed by atoms with E-state index in [1.54, 1.807) is 30.3 Å². The maximum Gasteiger partial charge on any atom is 0.264 e. The van der Waals surface area contributed by atoms with E-state index >= 15 is 0 Å². The number of ether oxygens (including phenoxy) is 1. The van der Waals surface area contributed by atoms with Crippen LogP contribution in [0.3, 0.4) is 0 Å². The van der Waals surface area contributed by atoms with Crippen molar-refractivity contribution in [1.82, 2.24) is 0 Å². The number of carbonyl (C=O) groups is 2. The molecule has 142 valence electrons. The Morgan fingerprint density at radius 1 is 1.22 bits per heavy atom. The van der Waals surface area contributed by atoms with Crippen LogP contribution in [0.1, 0.15) is 24.5 Å². The number of aliphatic hydroxyl groups is 1. The van der Waals surface area contributed by atoms with Crippen LogP contribution in [-0.2, 0) is 15.2 Å². The van der Waals surface area contributed by atoms with E-state index in [1.165, 1.54) is 11.8 Å². The number of anilines is 1. The summed E-state index contributed by atoms with van der Waals surface area (Å²) in [6.07, 6.45) is -0.261. The van der Waals surface area contributed by atoms with E-state index in [-0.39, 0.29) is 25.4 Å². The van der Waals surface area contributed by atoms with Gasteiger partial charge in [0.05, 0.1) is 17.3 Å². The lowest BCUT2D eigenvalue weighted by atomic mass is 9.89. The molecular weight excluding hydrogens is 389 g/mol. The molecule has 1 N–H and O–H groups in total. The van der Waals surface area contributed by atoms with Gasteiger partial charge in [-0.05, 0) is 38.1 Å². The Morgan fingerprint density at radius 2 is 1.96 bits per heavy atom. The predicted molar refractivity (Wildman–Crippen MR) is 105 cm³/mol. The zero-order chi connectivity index (χ0) is 19.8. The van der Waals surface area contributed by atoms with Crippen LogP contribution in [0, 0.1) is 6.92 Å². The zero-order valence-corrected chi connectivity index (χ0v) is 16.5. The van der Waals surface area contributed by atoms with Crippen molar-refractivity contribution < 1.29 is 19.4 Å². The van der Waals surface area contributed by atoms with Gasteiger partial charge in [-0.1, -0.05) is 40.9 Å². The molecule has 3 rings (SSSR count). The average molecular weight is 408 g/mol. The lowest BCUT2D eigenvalue weighted by Gasteiger charge is -2.22. The first-order valence-corrected chi connectivity index (χ1v) is 9.21. The topological polar surface area (TPSA) is 66.8 Å². The summed E-state index contributed by atoms with van der Waals surface area (Å²) in [6.45, 7) is 3.59. The minimum absolute atomic E-state index is 0.163. The first-order chi connectivity index (χ1) is 12.7. The molecule has 2 aromatic rings. The van der Waals surface area contributed by atoms with E-state index < -0.39 is 11.5 Å². The molecule has 1 aliphatic rings. The number of nitrogens with zero attached hydrogens (tertiary/aromatic N) is 1.